The Labute approximate surface area is 630 Å². The third-order valence-electron chi connectivity index (χ3n) is 17.6. The molecule has 0 fully saturated rings. The molecule has 0 aliphatic rings. The molecular weight excluding hydrogens is 1400 g/mol. The average molecular weight is 1480 g/mol. The van der Waals surface area contributed by atoms with Crippen molar-refractivity contribution in [2.24, 2.45) is 0 Å². The number of hydrogen-bond donors (Lipinski definition) is 18. The van der Waals surface area contributed by atoms with Gasteiger partial charge in [-0.15, -0.1) is 0 Å². The van der Waals surface area contributed by atoms with E-state index in [1.165, 1.54) is 23.7 Å². The summed E-state index contributed by atoms with van der Waals surface area (Å²) in [6.45, 7) is 4.87. The summed E-state index contributed by atoms with van der Waals surface area (Å²) in [5.41, 5.74) is 13.8. The first kappa shape index (κ1) is 75.4. The summed E-state index contributed by atoms with van der Waals surface area (Å²) in [5, 5.41) is 89.3. The average Bonchev–Trinajstić information content (AvgIpc) is 1.71. The number of nitrogens with one attached hydrogen (secondary N) is 12. The summed E-state index contributed by atoms with van der Waals surface area (Å²) in [4.78, 5) is 43.0. The van der Waals surface area contributed by atoms with Gasteiger partial charge in [-0.1, -0.05) is 16.4 Å². The number of aromatic amines is 6. The quantitative estimate of drug-likeness (QED) is 0.0236. The van der Waals surface area contributed by atoms with Gasteiger partial charge in [-0.05, 0) is 199 Å². The molecule has 11 aromatic heterocycles. The van der Waals surface area contributed by atoms with Gasteiger partial charge in [0.1, 0.15) is 52.8 Å². The molecule has 564 valence electrons. The number of oxazole rings is 1. The van der Waals surface area contributed by atoms with E-state index < -0.39 is 0 Å². The Bertz CT molecular complexity index is 5220. The Balaban J connectivity index is 0.000000123. The number of methoxy groups -OCH3 is 1. The lowest BCUT2D eigenvalue weighted by atomic mass is 10.1. The summed E-state index contributed by atoms with van der Waals surface area (Å²) in [5.74, 6) is 3.86. The monoisotopic (exact) mass is 1480 g/mol. The number of nitrogens with zero attached hydrogens (tertiary/aromatic N) is 5. The number of aromatic nitrogens is 11. The van der Waals surface area contributed by atoms with E-state index >= 15 is 0 Å². The minimum absolute atomic E-state index is 0.0590. The van der Waals surface area contributed by atoms with Crippen LogP contribution in [0.4, 0.5) is 29.2 Å². The smallest absolute Gasteiger partial charge is 0.294 e. The molecule has 28 heteroatoms. The summed E-state index contributed by atoms with van der Waals surface area (Å²) >= 11 is 0. The lowest BCUT2D eigenvalue weighted by Crippen LogP contribution is -2.28. The fourth-order valence-electron chi connectivity index (χ4n) is 12.2. The molecule has 17 rings (SSSR count). The number of fused-ring (bicyclic) bond motifs is 6. The number of hydrogen-bond acceptors (Lipinski definition) is 21. The van der Waals surface area contributed by atoms with Crippen molar-refractivity contribution >= 4 is 101 Å². The van der Waals surface area contributed by atoms with Crippen molar-refractivity contribution in [2.75, 3.05) is 79.6 Å². The fraction of sp³-hybridized carbons (Fsp3) is 0.171. The molecule has 110 heavy (non-hydrogen) atoms. The number of phenols is 6. The first-order valence-corrected chi connectivity index (χ1v) is 35.5. The summed E-state index contributed by atoms with van der Waals surface area (Å²) < 4.78 is 19.6. The van der Waals surface area contributed by atoms with Crippen LogP contribution in [-0.4, -0.2) is 145 Å². The van der Waals surface area contributed by atoms with E-state index in [1.807, 2.05) is 91.6 Å². The van der Waals surface area contributed by atoms with Gasteiger partial charge in [0.2, 0.25) is 11.8 Å². The zero-order chi connectivity index (χ0) is 76.2. The fourth-order valence-corrected chi connectivity index (χ4v) is 12.2. The molecule has 0 aliphatic carbocycles. The van der Waals surface area contributed by atoms with Crippen molar-refractivity contribution < 1.29 is 53.6 Å². The zero-order valence-electron chi connectivity index (χ0n) is 60.1. The van der Waals surface area contributed by atoms with E-state index in [1.54, 1.807) is 135 Å². The van der Waals surface area contributed by atoms with E-state index in [9.17, 15) is 35.4 Å². The molecule has 0 aliphatic heterocycles. The van der Waals surface area contributed by atoms with Crippen LogP contribution >= 0.6 is 0 Å². The molecule has 17 aromatic rings. The van der Waals surface area contributed by atoms with E-state index in [4.69, 9.17) is 18.2 Å². The van der Waals surface area contributed by atoms with Crippen LogP contribution < -0.4 is 31.9 Å². The number of H-pyrrole nitrogens is 6. The van der Waals surface area contributed by atoms with E-state index in [-0.39, 0.29) is 35.3 Å². The first-order valence-electron chi connectivity index (χ1n) is 35.5. The standard InChI is InChI=1S/2C15H15N3O.3C13H13N3O2.C13H16N2O3/c19-13-3-4-15-14(8-13)11(9-18-15)5-7-17-12-2-1-6-16-10-12;19-12-4-5-14-13(9-12)11(10-18-14)6-8-17-15-3-1-2-7-16-15;17-10-1-2-12-11(7-10)9(8-15-12)3-5-14-13-4-6-18-16-13;17-10-1-2-12-11(7-10)9(8-15-12)3-5-14-13-4-6-16-18-13;17-10-1-2-12-11(7-10)9(8-16-12)3-4-14-13-15-5-6-18-13;1-18-5-4-14-13(17)6-9-8-15-12-3-2-10(16)7-11(9)12/h1-4,6,8-10,17-19H,5,7H2;1-5,7,9-10,18-19H,6,8H2,(H,16,17);1-2,4,6-8,15,17H,3,5H2,(H,14,16);1-2,4,6-8,14-15,17H,3,5H2;1-2,5-8,16-17H,3-4H2,(H,14,15);2-3,7-8,15-16H,4-6H2,1H3,(H,14,17). The number of amides is 1. The minimum atomic E-state index is -0.0590. The van der Waals surface area contributed by atoms with Gasteiger partial charge in [-0.3, -0.25) is 9.78 Å². The van der Waals surface area contributed by atoms with Gasteiger partial charge in [0, 0.05) is 180 Å². The summed E-state index contributed by atoms with van der Waals surface area (Å²) in [7, 11) is 1.59. The Morgan fingerprint density at radius 1 is 0.418 bits per heavy atom. The molecule has 0 unspecified atom stereocenters. The first-order chi connectivity index (χ1) is 53.8. The van der Waals surface area contributed by atoms with Crippen LogP contribution in [0.25, 0.3) is 65.4 Å². The second-order valence-corrected chi connectivity index (χ2v) is 25.2. The van der Waals surface area contributed by atoms with Crippen molar-refractivity contribution in [3.05, 3.63) is 266 Å². The zero-order valence-corrected chi connectivity index (χ0v) is 60.1. The normalized spacial score (nSPS) is 10.8. The molecule has 0 saturated heterocycles. The van der Waals surface area contributed by atoms with Gasteiger partial charge in [-0.2, -0.15) is 0 Å². The molecular formula is C82H85N17O11. The highest BCUT2D eigenvalue weighted by Crippen LogP contribution is 2.29. The van der Waals surface area contributed by atoms with Crippen LogP contribution in [0.15, 0.2) is 246 Å². The predicted molar refractivity (Wildman–Crippen MR) is 427 cm³/mol. The molecule has 28 nitrogen and oxygen atoms in total. The number of pyridine rings is 2. The van der Waals surface area contributed by atoms with E-state index in [2.05, 4.69) is 87.1 Å². The SMILES string of the molecule is COCCNC(=O)Cc1c[nH]c2ccc(O)cc12.Oc1ccc2[nH]cc(CCNc3ccccn3)c2c1.Oc1ccc2[nH]cc(CCNc3cccnc3)c2c1.Oc1ccc2[nH]cc(CCNc3ccno3)c2c1.Oc1ccc2[nH]cc(CCNc3ccon3)c2c1.Oc1ccc2[nH]cc(CCNc3ncco3)c2c1. The van der Waals surface area contributed by atoms with Crippen molar-refractivity contribution in [3.63, 3.8) is 0 Å². The van der Waals surface area contributed by atoms with Crippen molar-refractivity contribution in [3.8, 4) is 34.5 Å². The van der Waals surface area contributed by atoms with Crippen LogP contribution in [0.1, 0.15) is 33.4 Å². The number of benzene rings is 6. The molecule has 11 heterocycles. The molecule has 6 aromatic carbocycles. The van der Waals surface area contributed by atoms with Gasteiger partial charge in [0.05, 0.1) is 31.1 Å². The summed E-state index contributed by atoms with van der Waals surface area (Å²) in [6, 6.07) is 45.6. The van der Waals surface area contributed by atoms with Gasteiger partial charge < -0.3 is 111 Å². The van der Waals surface area contributed by atoms with Crippen LogP contribution in [-0.2, 0) is 48.1 Å². The highest BCUT2D eigenvalue weighted by Gasteiger charge is 2.13. The minimum Gasteiger partial charge on any atom is -0.508 e. The Kier molecular flexibility index (Phi) is 26.1. The molecule has 0 saturated carbocycles. The van der Waals surface area contributed by atoms with Crippen LogP contribution in [0.5, 0.6) is 34.5 Å². The number of phenolic OH excluding ortho intramolecular Hbond substituents is 6. The largest absolute Gasteiger partial charge is 0.508 e. The maximum absolute atomic E-state index is 11.7. The second kappa shape index (κ2) is 38.1. The molecule has 0 bridgehead atoms. The number of anilines is 5. The highest BCUT2D eigenvalue weighted by atomic mass is 16.5. The lowest BCUT2D eigenvalue weighted by molar-refractivity contribution is -0.120. The van der Waals surface area contributed by atoms with Gasteiger partial charge >= 0.3 is 0 Å². The molecule has 1 amide bonds. The molecule has 0 spiro atoms. The third kappa shape index (κ3) is 21.5. The highest BCUT2D eigenvalue weighted by molar-refractivity contribution is 5.91. The van der Waals surface area contributed by atoms with Gasteiger partial charge in [0.25, 0.3) is 6.01 Å². The van der Waals surface area contributed by atoms with Gasteiger partial charge in [-0.25, -0.2) is 9.97 Å². The second-order valence-electron chi connectivity index (χ2n) is 25.2. The van der Waals surface area contributed by atoms with Gasteiger partial charge in [0.15, 0.2) is 5.82 Å². The maximum Gasteiger partial charge on any atom is 0.294 e. The van der Waals surface area contributed by atoms with Crippen molar-refractivity contribution in [2.45, 2.75) is 38.5 Å². The van der Waals surface area contributed by atoms with E-state index in [0.29, 0.717) is 36.5 Å². The van der Waals surface area contributed by atoms with Crippen molar-refractivity contribution in [1.82, 2.24) is 60.5 Å². The maximum atomic E-state index is 11.7. The topological polar surface area (TPSA) is 418 Å². The lowest BCUT2D eigenvalue weighted by Gasteiger charge is -2.05. The number of rotatable bonds is 25. The molecule has 0 atom stereocenters. The summed E-state index contributed by atoms with van der Waals surface area (Å²) in [6.07, 6.45) is 27.8. The number of ether oxygens (including phenoxy) is 1. The molecule has 18 N–H and O–H groups in total. The van der Waals surface area contributed by atoms with E-state index in [0.717, 1.165) is 170 Å². The Morgan fingerprint density at radius 3 is 1.26 bits per heavy atom. The Hall–Kier alpha value is -14.3. The van der Waals surface area contributed by atoms with Crippen LogP contribution in [0.2, 0.25) is 0 Å². The molecule has 0 radical (unpaired) electrons. The number of carbonyl (C=O) groups excluding carboxylic acids is 1. The number of aromatic hydroxyl groups is 6. The third-order valence-corrected chi connectivity index (χ3v) is 17.6. The number of carbonyl (C=O) groups is 1. The predicted octanol–water partition coefficient (Wildman–Crippen LogP) is 14.6. The van der Waals surface area contributed by atoms with Crippen molar-refractivity contribution in [1.29, 1.82) is 0 Å². The van der Waals surface area contributed by atoms with Crippen LogP contribution in [0, 0.1) is 0 Å². The van der Waals surface area contributed by atoms with Crippen LogP contribution in [0.3, 0.4) is 0 Å². The Morgan fingerprint density at radius 2 is 0.864 bits per heavy atom.